The van der Waals surface area contributed by atoms with Gasteiger partial charge in [0.05, 0.1) is 4.88 Å². The Balaban J connectivity index is 1.68. The summed E-state index contributed by atoms with van der Waals surface area (Å²) in [5.74, 6) is -1.62. The summed E-state index contributed by atoms with van der Waals surface area (Å²) in [4.78, 5) is 27.6. The van der Waals surface area contributed by atoms with Gasteiger partial charge < -0.3 is 15.3 Å². The van der Waals surface area contributed by atoms with Crippen molar-refractivity contribution in [2.75, 3.05) is 13.1 Å². The van der Waals surface area contributed by atoms with Crippen LogP contribution in [-0.2, 0) is 11.2 Å². The van der Waals surface area contributed by atoms with Gasteiger partial charge in [0, 0.05) is 19.5 Å². The molecule has 162 valence electrons. The molecule has 0 spiro atoms. The maximum atomic E-state index is 13.1. The minimum atomic E-state index is -4.67. The van der Waals surface area contributed by atoms with Gasteiger partial charge in [-0.25, -0.2) is 0 Å². The molecule has 2 amide bonds. The lowest BCUT2D eigenvalue weighted by Gasteiger charge is -2.36. The molecule has 0 saturated carbocycles. The van der Waals surface area contributed by atoms with Crippen molar-refractivity contribution in [3.8, 4) is 0 Å². The summed E-state index contributed by atoms with van der Waals surface area (Å²) in [7, 11) is 0. The second kappa shape index (κ2) is 9.61. The maximum Gasteiger partial charge on any atom is 0.414 e. The van der Waals surface area contributed by atoms with Crippen LogP contribution < -0.4 is 5.32 Å². The van der Waals surface area contributed by atoms with Crippen LogP contribution in [0.5, 0.6) is 0 Å². The van der Waals surface area contributed by atoms with Gasteiger partial charge in [-0.3, -0.25) is 9.59 Å². The Hall–Kier alpha value is -2.39. The van der Waals surface area contributed by atoms with Gasteiger partial charge in [0.1, 0.15) is 6.04 Å². The Morgan fingerprint density at radius 1 is 1.13 bits per heavy atom. The molecule has 0 bridgehead atoms. The van der Waals surface area contributed by atoms with Crippen LogP contribution in [0.15, 0.2) is 47.8 Å². The normalized spacial score (nSPS) is 17.4. The van der Waals surface area contributed by atoms with Crippen molar-refractivity contribution in [2.45, 2.75) is 37.6 Å². The van der Waals surface area contributed by atoms with E-state index in [0.29, 0.717) is 4.88 Å². The first kappa shape index (κ1) is 22.3. The zero-order chi connectivity index (χ0) is 21.7. The molecule has 2 atom stereocenters. The van der Waals surface area contributed by atoms with Crippen molar-refractivity contribution in [1.29, 1.82) is 0 Å². The van der Waals surface area contributed by atoms with Crippen molar-refractivity contribution >= 4 is 23.2 Å². The zero-order valence-electron chi connectivity index (χ0n) is 16.1. The number of alkyl halides is 3. The van der Waals surface area contributed by atoms with Crippen LogP contribution in [0.1, 0.15) is 28.1 Å². The molecular formula is C21H23F3N2O3S. The van der Waals surface area contributed by atoms with E-state index in [1.54, 1.807) is 17.5 Å². The molecule has 1 aliphatic rings. The van der Waals surface area contributed by atoms with Crippen molar-refractivity contribution in [3.63, 3.8) is 0 Å². The highest BCUT2D eigenvalue weighted by atomic mass is 32.1. The highest BCUT2D eigenvalue weighted by molar-refractivity contribution is 7.12. The zero-order valence-corrected chi connectivity index (χ0v) is 17.0. The fourth-order valence-corrected chi connectivity index (χ4v) is 4.24. The van der Waals surface area contributed by atoms with Gasteiger partial charge in [-0.2, -0.15) is 13.2 Å². The van der Waals surface area contributed by atoms with Crippen molar-refractivity contribution in [2.24, 2.45) is 5.92 Å². The van der Waals surface area contributed by atoms with E-state index < -0.39 is 24.2 Å². The smallest absolute Gasteiger partial charge is 0.383 e. The average molecular weight is 440 g/mol. The number of thiophene rings is 1. The number of hydrogen-bond donors (Lipinski definition) is 2. The van der Waals surface area contributed by atoms with E-state index in [4.69, 9.17) is 0 Å². The number of hydrogen-bond acceptors (Lipinski definition) is 4. The molecule has 5 nitrogen and oxygen atoms in total. The van der Waals surface area contributed by atoms with E-state index in [1.807, 2.05) is 30.3 Å². The van der Waals surface area contributed by atoms with Gasteiger partial charge in [0.15, 0.2) is 6.10 Å². The molecule has 1 aromatic heterocycles. The first-order valence-corrected chi connectivity index (χ1v) is 10.6. The Kier molecular flexibility index (Phi) is 7.14. The summed E-state index contributed by atoms with van der Waals surface area (Å²) in [5.41, 5.74) is 0.865. The summed E-state index contributed by atoms with van der Waals surface area (Å²) in [5, 5.41) is 14.0. The molecule has 30 heavy (non-hydrogen) atoms. The average Bonchev–Trinajstić information content (AvgIpc) is 3.27. The van der Waals surface area contributed by atoms with Gasteiger partial charge in [0.25, 0.3) is 5.91 Å². The van der Waals surface area contributed by atoms with E-state index in [2.05, 4.69) is 5.32 Å². The number of amides is 2. The number of carbonyl (C=O) groups excluding carboxylic acids is 2. The number of carbonyl (C=O) groups is 2. The quantitative estimate of drug-likeness (QED) is 0.725. The van der Waals surface area contributed by atoms with Crippen LogP contribution in [0.3, 0.4) is 0 Å². The number of nitrogens with one attached hydrogen (secondary N) is 1. The van der Waals surface area contributed by atoms with Crippen molar-refractivity contribution < 1.29 is 27.9 Å². The Bertz CT molecular complexity index is 835. The number of halogens is 3. The fourth-order valence-electron chi connectivity index (χ4n) is 3.61. The molecule has 2 aromatic rings. The number of aliphatic hydroxyl groups excluding tert-OH is 1. The number of nitrogens with zero attached hydrogens (tertiary/aromatic N) is 1. The largest absolute Gasteiger partial charge is 0.414 e. The molecule has 2 heterocycles. The number of aliphatic hydroxyl groups is 1. The third kappa shape index (κ3) is 5.60. The molecular weight excluding hydrogens is 417 g/mol. The standard InChI is InChI=1S/C21H23F3N2O3S/c22-21(23,24)18(27)15-8-10-26(11-9-15)20(29)16(13-14-5-2-1-3-6-14)25-19(28)17-7-4-12-30-17/h1-7,12,15-16,18,27H,8-11,13H2,(H,25,28)/t16-,18-/m0/s1. The van der Waals surface area contributed by atoms with Crippen LogP contribution in [0.25, 0.3) is 0 Å². The maximum absolute atomic E-state index is 13.1. The molecule has 9 heteroatoms. The van der Waals surface area contributed by atoms with E-state index in [-0.39, 0.29) is 44.2 Å². The minimum absolute atomic E-state index is 0.0589. The Morgan fingerprint density at radius 3 is 2.37 bits per heavy atom. The van der Waals surface area contributed by atoms with Crippen LogP contribution >= 0.6 is 11.3 Å². The summed E-state index contributed by atoms with van der Waals surface area (Å²) < 4.78 is 38.3. The van der Waals surface area contributed by atoms with Gasteiger partial charge in [-0.15, -0.1) is 11.3 Å². The van der Waals surface area contributed by atoms with E-state index in [1.165, 1.54) is 16.2 Å². The molecule has 1 saturated heterocycles. The molecule has 1 aliphatic heterocycles. The van der Waals surface area contributed by atoms with E-state index in [0.717, 1.165) is 5.56 Å². The summed E-state index contributed by atoms with van der Waals surface area (Å²) in [6.07, 6.45) is -6.65. The summed E-state index contributed by atoms with van der Waals surface area (Å²) in [6.45, 7) is 0.216. The molecule has 0 aliphatic carbocycles. The number of piperidine rings is 1. The highest BCUT2D eigenvalue weighted by Crippen LogP contribution is 2.31. The van der Waals surface area contributed by atoms with E-state index in [9.17, 15) is 27.9 Å². The fraction of sp³-hybridized carbons (Fsp3) is 0.429. The first-order valence-electron chi connectivity index (χ1n) is 9.67. The lowest BCUT2D eigenvalue weighted by molar-refractivity contribution is -0.223. The van der Waals surface area contributed by atoms with Crippen LogP contribution in [0.2, 0.25) is 0 Å². The molecule has 0 radical (unpaired) electrons. The molecule has 3 rings (SSSR count). The van der Waals surface area contributed by atoms with Crippen LogP contribution in [0.4, 0.5) is 13.2 Å². The second-order valence-electron chi connectivity index (χ2n) is 7.34. The summed E-state index contributed by atoms with van der Waals surface area (Å²) in [6, 6.07) is 11.8. The number of likely N-dealkylation sites (tertiary alicyclic amines) is 1. The van der Waals surface area contributed by atoms with Crippen molar-refractivity contribution in [3.05, 3.63) is 58.3 Å². The van der Waals surface area contributed by atoms with Gasteiger partial charge in [-0.1, -0.05) is 36.4 Å². The number of rotatable bonds is 6. The van der Waals surface area contributed by atoms with Gasteiger partial charge in [0.2, 0.25) is 5.91 Å². The minimum Gasteiger partial charge on any atom is -0.383 e. The number of benzene rings is 1. The molecule has 2 N–H and O–H groups in total. The lowest BCUT2D eigenvalue weighted by Crippen LogP contribution is -2.53. The molecule has 1 fully saturated rings. The molecule has 1 aromatic carbocycles. The van der Waals surface area contributed by atoms with Gasteiger partial charge in [-0.05, 0) is 35.8 Å². The Labute approximate surface area is 176 Å². The van der Waals surface area contributed by atoms with Crippen LogP contribution in [-0.4, -0.2) is 53.2 Å². The third-order valence-corrected chi connectivity index (χ3v) is 6.13. The predicted molar refractivity (Wildman–Crippen MR) is 107 cm³/mol. The van der Waals surface area contributed by atoms with Crippen molar-refractivity contribution in [1.82, 2.24) is 10.2 Å². The topological polar surface area (TPSA) is 69.6 Å². The van der Waals surface area contributed by atoms with Crippen LogP contribution in [0, 0.1) is 5.92 Å². The highest BCUT2D eigenvalue weighted by Gasteiger charge is 2.44. The first-order chi connectivity index (χ1) is 14.3. The summed E-state index contributed by atoms with van der Waals surface area (Å²) >= 11 is 1.26. The van der Waals surface area contributed by atoms with Gasteiger partial charge >= 0.3 is 6.18 Å². The second-order valence-corrected chi connectivity index (χ2v) is 8.29. The monoisotopic (exact) mass is 440 g/mol. The predicted octanol–water partition coefficient (Wildman–Crippen LogP) is 3.25. The van der Waals surface area contributed by atoms with E-state index >= 15 is 0 Å². The Morgan fingerprint density at radius 2 is 1.80 bits per heavy atom. The molecule has 0 unspecified atom stereocenters. The third-order valence-electron chi connectivity index (χ3n) is 5.26. The SMILES string of the molecule is O=C(N[C@@H](Cc1ccccc1)C(=O)N1CCC([C@H](O)C(F)(F)F)CC1)c1cccs1. The lowest BCUT2D eigenvalue weighted by atomic mass is 9.90.